The van der Waals surface area contributed by atoms with Gasteiger partial charge in [-0.15, -0.1) is 0 Å². The van der Waals surface area contributed by atoms with Gasteiger partial charge in [0.15, 0.2) is 11.8 Å². The highest BCUT2D eigenvalue weighted by Crippen LogP contribution is 2.37. The normalized spacial score (nSPS) is 11.9. The third-order valence-corrected chi connectivity index (χ3v) is 5.62. The molecule has 134 valence electrons. The van der Waals surface area contributed by atoms with Gasteiger partial charge in [0.05, 0.1) is 16.5 Å². The summed E-state index contributed by atoms with van der Waals surface area (Å²) in [4.78, 5) is 4.71. The van der Waals surface area contributed by atoms with Crippen LogP contribution >= 0.6 is 0 Å². The van der Waals surface area contributed by atoms with E-state index >= 15 is 0 Å². The minimum atomic E-state index is 0.839. The molecular formula is C24H18N3O+. The average molecular weight is 364 g/mol. The highest BCUT2D eigenvalue weighted by atomic mass is 16.3. The van der Waals surface area contributed by atoms with Gasteiger partial charge in [-0.25, -0.2) is 9.55 Å². The van der Waals surface area contributed by atoms with Crippen LogP contribution in [0.4, 0.5) is 0 Å². The Labute approximate surface area is 161 Å². The highest BCUT2D eigenvalue weighted by Gasteiger charge is 2.21. The van der Waals surface area contributed by atoms with Crippen LogP contribution in [0.15, 0.2) is 77.5 Å². The van der Waals surface area contributed by atoms with Crippen molar-refractivity contribution in [2.24, 2.45) is 7.05 Å². The molecule has 0 radical (unpaired) electrons. The van der Waals surface area contributed by atoms with E-state index in [9.17, 15) is 0 Å². The first-order valence-electron chi connectivity index (χ1n) is 9.38. The number of benzene rings is 2. The number of aryl methyl sites for hydroxylation is 2. The molecule has 0 unspecified atom stereocenters. The van der Waals surface area contributed by atoms with Gasteiger partial charge in [0, 0.05) is 29.1 Å². The summed E-state index contributed by atoms with van der Waals surface area (Å²) in [7, 11) is 2.06. The van der Waals surface area contributed by atoms with Gasteiger partial charge in [-0.3, -0.25) is 4.40 Å². The predicted molar refractivity (Wildman–Crippen MR) is 111 cm³/mol. The summed E-state index contributed by atoms with van der Waals surface area (Å²) in [5, 5.41) is 3.28. The fourth-order valence-corrected chi connectivity index (χ4v) is 4.24. The van der Waals surface area contributed by atoms with Gasteiger partial charge in [-0.05, 0) is 30.7 Å². The Morgan fingerprint density at radius 1 is 0.964 bits per heavy atom. The molecule has 2 aromatic carbocycles. The van der Waals surface area contributed by atoms with E-state index in [1.165, 1.54) is 5.56 Å². The highest BCUT2D eigenvalue weighted by molar-refractivity contribution is 6.10. The van der Waals surface area contributed by atoms with Crippen LogP contribution in [0.2, 0.25) is 0 Å². The molecule has 4 heterocycles. The van der Waals surface area contributed by atoms with E-state index in [4.69, 9.17) is 9.40 Å². The molecule has 28 heavy (non-hydrogen) atoms. The lowest BCUT2D eigenvalue weighted by atomic mass is 10.0. The Bertz CT molecular complexity index is 1540. The van der Waals surface area contributed by atoms with Crippen molar-refractivity contribution < 1.29 is 8.98 Å². The maximum absolute atomic E-state index is 6.56. The maximum atomic E-state index is 6.56. The third kappa shape index (κ3) is 1.94. The van der Waals surface area contributed by atoms with E-state index < -0.39 is 0 Å². The van der Waals surface area contributed by atoms with Crippen molar-refractivity contribution in [3.63, 3.8) is 0 Å². The van der Waals surface area contributed by atoms with Crippen molar-refractivity contribution in [1.29, 1.82) is 0 Å². The van der Waals surface area contributed by atoms with Crippen LogP contribution in [0.3, 0.4) is 0 Å². The summed E-state index contributed by atoms with van der Waals surface area (Å²) in [6.07, 6.45) is 3.99. The summed E-state index contributed by atoms with van der Waals surface area (Å²) in [6, 6.07) is 21.0. The molecule has 0 saturated carbocycles. The molecule has 0 bridgehead atoms. The lowest BCUT2D eigenvalue weighted by molar-refractivity contribution is -0.660. The van der Waals surface area contributed by atoms with Crippen LogP contribution in [0.25, 0.3) is 49.9 Å². The Morgan fingerprint density at radius 2 is 1.82 bits per heavy atom. The first-order chi connectivity index (χ1) is 13.7. The smallest absolute Gasteiger partial charge is 0.216 e. The quantitative estimate of drug-likeness (QED) is 0.376. The summed E-state index contributed by atoms with van der Waals surface area (Å²) in [5.41, 5.74) is 7.20. The van der Waals surface area contributed by atoms with Gasteiger partial charge in [0.2, 0.25) is 11.4 Å². The zero-order chi connectivity index (χ0) is 18.8. The number of hydrogen-bond acceptors (Lipinski definition) is 2. The molecular weight excluding hydrogens is 346 g/mol. The van der Waals surface area contributed by atoms with Crippen LogP contribution in [0, 0.1) is 6.92 Å². The van der Waals surface area contributed by atoms with Crippen molar-refractivity contribution in [2.45, 2.75) is 6.92 Å². The Hall–Kier alpha value is -3.66. The van der Waals surface area contributed by atoms with E-state index in [1.54, 1.807) is 0 Å². The van der Waals surface area contributed by atoms with Crippen molar-refractivity contribution in [1.82, 2.24) is 9.38 Å². The van der Waals surface area contributed by atoms with Crippen LogP contribution in [-0.2, 0) is 7.05 Å². The predicted octanol–water partition coefficient (Wildman–Crippen LogP) is 5.19. The molecule has 0 aliphatic rings. The van der Waals surface area contributed by atoms with E-state index in [1.807, 2.05) is 12.3 Å². The number of furan rings is 1. The maximum Gasteiger partial charge on any atom is 0.216 e. The number of aromatic nitrogens is 3. The fraction of sp³-hybridized carbons (Fsp3) is 0.0833. The molecule has 0 atom stereocenters. The monoisotopic (exact) mass is 364 g/mol. The molecule has 0 saturated heterocycles. The first kappa shape index (κ1) is 15.4. The van der Waals surface area contributed by atoms with Crippen molar-refractivity contribution >= 4 is 38.6 Å². The van der Waals surface area contributed by atoms with Crippen molar-refractivity contribution in [2.75, 3.05) is 0 Å². The third-order valence-electron chi connectivity index (χ3n) is 5.62. The Balaban J connectivity index is 1.82. The second-order valence-electron chi connectivity index (χ2n) is 7.31. The SMILES string of the molecule is Cc1ccc2c(oc3c2cnc2cc4ccccc4n23)c1-c1cccc[n+]1C. The number of para-hydroxylation sites is 1. The number of rotatable bonds is 1. The van der Waals surface area contributed by atoms with Crippen molar-refractivity contribution in [3.05, 3.63) is 78.6 Å². The summed E-state index contributed by atoms with van der Waals surface area (Å²) < 4.78 is 10.8. The van der Waals surface area contributed by atoms with E-state index in [2.05, 4.69) is 83.7 Å². The standard InChI is InChI=1S/C24H18N3O/c1-15-10-11-17-18-14-25-21-13-16-7-3-4-8-19(16)27(21)24(18)28-23(17)22(15)20-9-5-6-12-26(20)2/h3-14H,1-2H3/q+1. The van der Waals surface area contributed by atoms with E-state index in [0.717, 1.165) is 49.9 Å². The molecule has 0 N–H and O–H groups in total. The molecule has 6 aromatic rings. The second-order valence-corrected chi connectivity index (χ2v) is 7.31. The number of hydrogen-bond donors (Lipinski definition) is 0. The van der Waals surface area contributed by atoms with E-state index in [-0.39, 0.29) is 0 Å². The molecule has 0 spiro atoms. The van der Waals surface area contributed by atoms with Crippen LogP contribution in [0.1, 0.15) is 5.56 Å². The topological polar surface area (TPSA) is 34.3 Å². The number of nitrogens with zero attached hydrogens (tertiary/aromatic N) is 3. The molecule has 6 rings (SSSR count). The Kier molecular flexibility index (Phi) is 2.98. The van der Waals surface area contributed by atoms with Gasteiger partial charge < -0.3 is 4.42 Å². The first-order valence-corrected chi connectivity index (χ1v) is 9.38. The van der Waals surface area contributed by atoms with Gasteiger partial charge >= 0.3 is 0 Å². The molecule has 0 amide bonds. The summed E-state index contributed by atoms with van der Waals surface area (Å²) in [6.45, 7) is 2.13. The largest absolute Gasteiger partial charge is 0.438 e. The molecule has 4 nitrogen and oxygen atoms in total. The fourth-order valence-electron chi connectivity index (χ4n) is 4.24. The molecule has 0 aliphatic carbocycles. The zero-order valence-electron chi connectivity index (χ0n) is 15.7. The van der Waals surface area contributed by atoms with Crippen LogP contribution < -0.4 is 4.57 Å². The van der Waals surface area contributed by atoms with Gasteiger partial charge in [0.1, 0.15) is 12.7 Å². The zero-order valence-corrected chi connectivity index (χ0v) is 15.7. The van der Waals surface area contributed by atoms with Crippen molar-refractivity contribution in [3.8, 4) is 11.3 Å². The van der Waals surface area contributed by atoms with Crippen LogP contribution in [0.5, 0.6) is 0 Å². The number of pyridine rings is 1. The molecule has 4 aromatic heterocycles. The van der Waals surface area contributed by atoms with Gasteiger partial charge in [0.25, 0.3) is 0 Å². The second kappa shape index (κ2) is 5.42. The Morgan fingerprint density at radius 3 is 2.71 bits per heavy atom. The molecule has 0 aliphatic heterocycles. The minimum Gasteiger partial charge on any atom is -0.438 e. The average Bonchev–Trinajstić information content (AvgIpc) is 3.26. The molecule has 4 heteroatoms. The lowest BCUT2D eigenvalue weighted by Gasteiger charge is -2.04. The van der Waals surface area contributed by atoms with Gasteiger partial charge in [-0.1, -0.05) is 30.3 Å². The molecule has 0 fully saturated rings. The van der Waals surface area contributed by atoms with Gasteiger partial charge in [-0.2, -0.15) is 0 Å². The summed E-state index contributed by atoms with van der Waals surface area (Å²) >= 11 is 0. The van der Waals surface area contributed by atoms with Crippen LogP contribution in [-0.4, -0.2) is 9.38 Å². The minimum absolute atomic E-state index is 0.839. The number of fused-ring (bicyclic) bond motifs is 7. The van der Waals surface area contributed by atoms with E-state index in [0.29, 0.717) is 0 Å². The lowest BCUT2D eigenvalue weighted by Crippen LogP contribution is -2.30. The summed E-state index contributed by atoms with van der Waals surface area (Å²) in [5.74, 6) is 0.